The van der Waals surface area contributed by atoms with Crippen LogP contribution in [0.15, 0.2) is 10.6 Å². The normalized spacial score (nSPS) is 12.4. The topological polar surface area (TPSA) is 58.4 Å². The lowest BCUT2D eigenvalue weighted by Crippen LogP contribution is -2.33. The van der Waals surface area contributed by atoms with Gasteiger partial charge < -0.3 is 9.42 Å². The number of hydrogen-bond acceptors (Lipinski definition) is 3. The quantitative estimate of drug-likeness (QED) is 0.842. The van der Waals surface area contributed by atoms with Gasteiger partial charge in [0.1, 0.15) is 0 Å². The second kappa shape index (κ2) is 4.42. The van der Waals surface area contributed by atoms with Crippen LogP contribution < -0.4 is 5.32 Å². The highest BCUT2D eigenvalue weighted by atomic mass is 19.4. The Balaban J connectivity index is 2.91. The number of halogens is 5. The van der Waals surface area contributed by atoms with Gasteiger partial charge in [0.15, 0.2) is 5.82 Å². The summed E-state index contributed by atoms with van der Waals surface area (Å²) in [6.45, 7) is 0. The van der Waals surface area contributed by atoms with Crippen molar-refractivity contribution in [2.24, 2.45) is 0 Å². The molecular formula is C8H8F5N3O2. The average Bonchev–Trinajstić information content (AvgIpc) is 2.64. The molecule has 2 amide bonds. The monoisotopic (exact) mass is 273 g/mol. The first-order chi connectivity index (χ1) is 8.05. The standard InChI is InChI=1S/C8H8F5N3O2/c1-16(2)6(17)14-5-3-4(18-15-5)7(9,10)8(11,12)13/h3H,1-2H3,(H,14,15,17). The van der Waals surface area contributed by atoms with Crippen LogP contribution in [-0.2, 0) is 5.92 Å². The van der Waals surface area contributed by atoms with Crippen molar-refractivity contribution in [1.29, 1.82) is 0 Å². The Morgan fingerprint density at radius 2 is 1.89 bits per heavy atom. The molecule has 10 heteroatoms. The van der Waals surface area contributed by atoms with Crippen molar-refractivity contribution in [2.45, 2.75) is 12.1 Å². The van der Waals surface area contributed by atoms with Crippen molar-refractivity contribution in [3.05, 3.63) is 11.8 Å². The summed E-state index contributed by atoms with van der Waals surface area (Å²) in [5.41, 5.74) is 0. The first-order valence-electron chi connectivity index (χ1n) is 4.45. The van der Waals surface area contributed by atoms with Gasteiger partial charge >= 0.3 is 18.1 Å². The Labute approximate surface area is 97.5 Å². The van der Waals surface area contributed by atoms with Crippen molar-refractivity contribution in [1.82, 2.24) is 10.1 Å². The van der Waals surface area contributed by atoms with Crippen LogP contribution in [0.1, 0.15) is 5.76 Å². The van der Waals surface area contributed by atoms with Crippen molar-refractivity contribution < 1.29 is 31.3 Å². The predicted molar refractivity (Wildman–Crippen MR) is 49.2 cm³/mol. The van der Waals surface area contributed by atoms with Gasteiger partial charge in [0.25, 0.3) is 0 Å². The third-order valence-corrected chi connectivity index (χ3v) is 1.82. The summed E-state index contributed by atoms with van der Waals surface area (Å²) >= 11 is 0. The van der Waals surface area contributed by atoms with Crippen LogP contribution in [-0.4, -0.2) is 36.4 Å². The van der Waals surface area contributed by atoms with Crippen LogP contribution in [0.25, 0.3) is 0 Å². The highest BCUT2D eigenvalue weighted by Gasteiger charge is 2.61. The molecule has 5 nitrogen and oxygen atoms in total. The number of aromatic nitrogens is 1. The lowest BCUT2D eigenvalue weighted by atomic mass is 10.2. The van der Waals surface area contributed by atoms with Gasteiger partial charge in [0.2, 0.25) is 5.76 Å². The molecule has 1 N–H and O–H groups in total. The van der Waals surface area contributed by atoms with E-state index in [-0.39, 0.29) is 0 Å². The van der Waals surface area contributed by atoms with Crippen molar-refractivity contribution in [3.8, 4) is 0 Å². The van der Waals surface area contributed by atoms with E-state index in [2.05, 4.69) is 9.68 Å². The van der Waals surface area contributed by atoms with E-state index in [0.29, 0.717) is 6.07 Å². The van der Waals surface area contributed by atoms with E-state index < -0.39 is 29.7 Å². The van der Waals surface area contributed by atoms with Gasteiger partial charge in [0.05, 0.1) is 0 Å². The largest absolute Gasteiger partial charge is 0.461 e. The maximum Gasteiger partial charge on any atom is 0.461 e. The number of urea groups is 1. The Kier molecular flexibility index (Phi) is 3.49. The number of carbonyl (C=O) groups excluding carboxylic acids is 1. The van der Waals surface area contributed by atoms with E-state index in [9.17, 15) is 26.7 Å². The van der Waals surface area contributed by atoms with Gasteiger partial charge in [-0.3, -0.25) is 5.32 Å². The van der Waals surface area contributed by atoms with E-state index in [4.69, 9.17) is 0 Å². The van der Waals surface area contributed by atoms with E-state index in [0.717, 1.165) is 4.90 Å². The van der Waals surface area contributed by atoms with E-state index in [1.165, 1.54) is 14.1 Å². The molecule has 1 aromatic rings. The number of rotatable bonds is 2. The van der Waals surface area contributed by atoms with Gasteiger partial charge in [-0.1, -0.05) is 5.16 Å². The fourth-order valence-corrected chi connectivity index (χ4v) is 0.843. The second-order valence-corrected chi connectivity index (χ2v) is 3.47. The molecular weight excluding hydrogens is 265 g/mol. The third kappa shape index (κ3) is 2.68. The fraction of sp³-hybridized carbons (Fsp3) is 0.500. The number of amides is 2. The van der Waals surface area contributed by atoms with Crippen LogP contribution in [0.4, 0.5) is 32.6 Å². The van der Waals surface area contributed by atoms with Crippen LogP contribution in [0.2, 0.25) is 0 Å². The maximum atomic E-state index is 12.8. The summed E-state index contributed by atoms with van der Waals surface area (Å²) in [5.74, 6) is -7.39. The minimum absolute atomic E-state index is 0.314. The molecule has 0 aromatic carbocycles. The molecule has 0 saturated carbocycles. The summed E-state index contributed by atoms with van der Waals surface area (Å²) in [4.78, 5) is 12.1. The number of carbonyl (C=O) groups is 1. The minimum atomic E-state index is -5.80. The van der Waals surface area contributed by atoms with Gasteiger partial charge in [-0.15, -0.1) is 0 Å². The molecule has 0 atom stereocenters. The van der Waals surface area contributed by atoms with E-state index in [1.54, 1.807) is 0 Å². The van der Waals surface area contributed by atoms with Gasteiger partial charge in [-0.25, -0.2) is 4.79 Å². The number of alkyl halides is 5. The zero-order chi connectivity index (χ0) is 14.1. The number of nitrogens with one attached hydrogen (secondary N) is 1. The highest BCUT2D eigenvalue weighted by Crippen LogP contribution is 2.44. The Hall–Kier alpha value is -1.87. The van der Waals surface area contributed by atoms with E-state index in [1.807, 2.05) is 5.32 Å². The fourth-order valence-electron chi connectivity index (χ4n) is 0.843. The predicted octanol–water partition coefficient (Wildman–Crippen LogP) is 2.42. The average molecular weight is 273 g/mol. The molecule has 1 aromatic heterocycles. The van der Waals surface area contributed by atoms with Gasteiger partial charge in [-0.05, 0) is 0 Å². The summed E-state index contributed by atoms with van der Waals surface area (Å²) in [6, 6.07) is -0.431. The van der Waals surface area contributed by atoms with E-state index >= 15 is 0 Å². The van der Waals surface area contributed by atoms with Crippen molar-refractivity contribution in [2.75, 3.05) is 19.4 Å². The molecule has 1 rings (SSSR count). The van der Waals surface area contributed by atoms with Gasteiger partial charge in [-0.2, -0.15) is 22.0 Å². The molecule has 0 spiro atoms. The second-order valence-electron chi connectivity index (χ2n) is 3.47. The van der Waals surface area contributed by atoms with Crippen molar-refractivity contribution >= 4 is 11.8 Å². The molecule has 102 valence electrons. The van der Waals surface area contributed by atoms with Crippen LogP contribution >= 0.6 is 0 Å². The Bertz CT molecular complexity index is 440. The van der Waals surface area contributed by atoms with Crippen LogP contribution in [0.5, 0.6) is 0 Å². The SMILES string of the molecule is CN(C)C(=O)Nc1cc(C(F)(F)C(F)(F)F)on1. The lowest BCUT2D eigenvalue weighted by Gasteiger charge is -2.15. The Morgan fingerprint density at radius 3 is 2.33 bits per heavy atom. The molecule has 18 heavy (non-hydrogen) atoms. The summed E-state index contributed by atoms with van der Waals surface area (Å²) in [7, 11) is 2.70. The molecule has 0 unspecified atom stereocenters. The number of nitrogens with zero attached hydrogens (tertiary/aromatic N) is 2. The van der Waals surface area contributed by atoms with Crippen LogP contribution in [0.3, 0.4) is 0 Å². The molecule has 0 bridgehead atoms. The number of hydrogen-bond donors (Lipinski definition) is 1. The summed E-state index contributed by atoms with van der Waals surface area (Å²) in [6.07, 6.45) is -5.80. The molecule has 0 aliphatic carbocycles. The molecule has 0 aliphatic rings. The van der Waals surface area contributed by atoms with Crippen LogP contribution in [0, 0.1) is 0 Å². The number of anilines is 1. The lowest BCUT2D eigenvalue weighted by molar-refractivity contribution is -0.296. The molecule has 0 fully saturated rings. The summed E-state index contributed by atoms with van der Waals surface area (Å²) < 4.78 is 65.4. The van der Waals surface area contributed by atoms with Crippen molar-refractivity contribution in [3.63, 3.8) is 0 Å². The zero-order valence-electron chi connectivity index (χ0n) is 9.18. The minimum Gasteiger partial charge on any atom is -0.352 e. The molecule has 0 aliphatic heterocycles. The summed E-state index contributed by atoms with van der Waals surface area (Å²) in [5, 5.41) is 4.87. The van der Waals surface area contributed by atoms with Gasteiger partial charge in [0, 0.05) is 20.2 Å². The molecule has 0 radical (unpaired) electrons. The first kappa shape index (κ1) is 14.2. The molecule has 0 saturated heterocycles. The Morgan fingerprint density at radius 1 is 1.33 bits per heavy atom. The zero-order valence-corrected chi connectivity index (χ0v) is 9.18. The first-order valence-corrected chi connectivity index (χ1v) is 4.45. The maximum absolute atomic E-state index is 12.8. The third-order valence-electron chi connectivity index (χ3n) is 1.82. The highest BCUT2D eigenvalue weighted by molar-refractivity contribution is 5.87. The smallest absolute Gasteiger partial charge is 0.352 e. The molecule has 1 heterocycles.